The Labute approximate surface area is 136 Å². The maximum Gasteiger partial charge on any atom is 0.323 e. The smallest absolute Gasteiger partial charge is 0.308 e. The predicted octanol–water partition coefficient (Wildman–Crippen LogP) is 3.72. The van der Waals surface area contributed by atoms with Crippen molar-refractivity contribution in [3.05, 3.63) is 57.5 Å². The van der Waals surface area contributed by atoms with E-state index in [0.29, 0.717) is 27.4 Å². The number of aromatic nitrogens is 2. The van der Waals surface area contributed by atoms with E-state index in [9.17, 15) is 9.59 Å². The van der Waals surface area contributed by atoms with Gasteiger partial charge in [-0.05, 0) is 42.3 Å². The minimum absolute atomic E-state index is 0.287. The van der Waals surface area contributed by atoms with E-state index >= 15 is 0 Å². The minimum Gasteiger partial charge on any atom is -0.308 e. The fourth-order valence-electron chi connectivity index (χ4n) is 2.28. The van der Waals surface area contributed by atoms with Gasteiger partial charge in [-0.15, -0.1) is 0 Å². The predicted molar refractivity (Wildman–Crippen MR) is 92.4 cm³/mol. The number of halogens is 1. The van der Waals surface area contributed by atoms with Crippen molar-refractivity contribution in [2.24, 2.45) is 0 Å². The molecule has 1 heterocycles. The van der Waals surface area contributed by atoms with E-state index in [-0.39, 0.29) is 5.69 Å². The van der Waals surface area contributed by atoms with Crippen LogP contribution in [0.4, 0.5) is 16.2 Å². The van der Waals surface area contributed by atoms with Crippen LogP contribution in [0.25, 0.3) is 11.0 Å². The van der Waals surface area contributed by atoms with E-state index in [4.69, 9.17) is 11.6 Å². The fourth-order valence-corrected chi connectivity index (χ4v) is 2.45. The number of hydrogen-bond acceptors (Lipinski definition) is 2. The van der Waals surface area contributed by atoms with Crippen molar-refractivity contribution in [1.29, 1.82) is 0 Å². The summed E-state index contributed by atoms with van der Waals surface area (Å²) in [4.78, 5) is 28.6. The molecule has 6 nitrogen and oxygen atoms in total. The van der Waals surface area contributed by atoms with Crippen molar-refractivity contribution in [3.63, 3.8) is 0 Å². The number of anilines is 2. The van der Waals surface area contributed by atoms with Crippen LogP contribution >= 0.6 is 11.6 Å². The Bertz CT molecular complexity index is 929. The second-order valence-electron chi connectivity index (χ2n) is 5.09. The third-order valence-corrected chi connectivity index (χ3v) is 3.79. The van der Waals surface area contributed by atoms with E-state index in [0.717, 1.165) is 12.0 Å². The van der Waals surface area contributed by atoms with Gasteiger partial charge in [-0.3, -0.25) is 0 Å². The Balaban J connectivity index is 1.76. The summed E-state index contributed by atoms with van der Waals surface area (Å²) < 4.78 is 0. The first kappa shape index (κ1) is 15.2. The molecule has 0 radical (unpaired) electrons. The number of rotatable bonds is 3. The molecule has 1 aromatic heterocycles. The largest absolute Gasteiger partial charge is 0.323 e. The number of benzene rings is 2. The average Bonchev–Trinajstić information content (AvgIpc) is 2.88. The molecule has 7 heteroatoms. The lowest BCUT2D eigenvalue weighted by Gasteiger charge is -2.10. The van der Waals surface area contributed by atoms with Crippen molar-refractivity contribution >= 4 is 40.0 Å². The molecule has 0 aliphatic carbocycles. The lowest BCUT2D eigenvalue weighted by Crippen LogP contribution is -2.19. The molecule has 0 saturated heterocycles. The lowest BCUT2D eigenvalue weighted by molar-refractivity contribution is 0.262. The molecule has 23 heavy (non-hydrogen) atoms. The standard InChI is InChI=1S/C16H15ClN4O2/c1-2-9-3-5-11(17)13(7-9)20-15(22)18-10-4-6-12-14(8-10)21-16(23)19-12/h3-8H,2H2,1H3,(H2,18,20,22)(H2,19,21,23). The normalized spacial score (nSPS) is 10.7. The SMILES string of the molecule is CCc1ccc(Cl)c(NC(=O)Nc2ccc3[nH]c(=O)[nH]c3c2)c1. The van der Waals surface area contributed by atoms with Gasteiger partial charge in [0.2, 0.25) is 0 Å². The van der Waals surface area contributed by atoms with Gasteiger partial charge in [-0.2, -0.15) is 0 Å². The quantitative estimate of drug-likeness (QED) is 0.589. The van der Waals surface area contributed by atoms with Crippen LogP contribution in [0.1, 0.15) is 12.5 Å². The maximum absolute atomic E-state index is 12.1. The topological polar surface area (TPSA) is 89.8 Å². The van der Waals surface area contributed by atoms with Crippen LogP contribution in [-0.4, -0.2) is 16.0 Å². The van der Waals surface area contributed by atoms with Gasteiger partial charge in [0, 0.05) is 5.69 Å². The molecule has 0 atom stereocenters. The van der Waals surface area contributed by atoms with Gasteiger partial charge in [-0.25, -0.2) is 9.59 Å². The molecule has 0 unspecified atom stereocenters. The van der Waals surface area contributed by atoms with E-state index in [1.165, 1.54) is 0 Å². The van der Waals surface area contributed by atoms with Gasteiger partial charge in [0.05, 0.1) is 21.7 Å². The number of fused-ring (bicyclic) bond motifs is 1. The van der Waals surface area contributed by atoms with Crippen molar-refractivity contribution in [2.45, 2.75) is 13.3 Å². The molecule has 0 saturated carbocycles. The number of imidazole rings is 1. The Morgan fingerprint density at radius 1 is 1.09 bits per heavy atom. The summed E-state index contributed by atoms with van der Waals surface area (Å²) in [5, 5.41) is 5.91. The highest BCUT2D eigenvalue weighted by Gasteiger charge is 2.08. The first-order valence-corrected chi connectivity index (χ1v) is 7.51. The number of hydrogen-bond donors (Lipinski definition) is 4. The number of H-pyrrole nitrogens is 2. The summed E-state index contributed by atoms with van der Waals surface area (Å²) in [6.07, 6.45) is 0.852. The average molecular weight is 331 g/mol. The molecule has 0 spiro atoms. The van der Waals surface area contributed by atoms with Gasteiger partial charge in [0.25, 0.3) is 0 Å². The highest BCUT2D eigenvalue weighted by atomic mass is 35.5. The van der Waals surface area contributed by atoms with Crippen molar-refractivity contribution in [1.82, 2.24) is 9.97 Å². The Hall–Kier alpha value is -2.73. The Morgan fingerprint density at radius 3 is 2.65 bits per heavy atom. The first-order valence-electron chi connectivity index (χ1n) is 7.13. The third-order valence-electron chi connectivity index (χ3n) is 3.46. The van der Waals surface area contributed by atoms with Gasteiger partial charge in [-0.1, -0.05) is 24.6 Å². The zero-order valence-corrected chi connectivity index (χ0v) is 13.1. The zero-order chi connectivity index (χ0) is 16.4. The summed E-state index contributed by atoms with van der Waals surface area (Å²) in [5.74, 6) is 0. The van der Waals surface area contributed by atoms with Crippen LogP contribution in [0.5, 0.6) is 0 Å². The van der Waals surface area contributed by atoms with Crippen LogP contribution in [0, 0.1) is 0 Å². The highest BCUT2D eigenvalue weighted by Crippen LogP contribution is 2.23. The summed E-state index contributed by atoms with van der Waals surface area (Å²) in [5.41, 5.74) is 3.21. The molecule has 0 aliphatic heterocycles. The number of nitrogens with one attached hydrogen (secondary N) is 4. The number of carbonyl (C=O) groups excluding carboxylic acids is 1. The van der Waals surface area contributed by atoms with E-state index < -0.39 is 6.03 Å². The first-order chi connectivity index (χ1) is 11.0. The molecule has 4 N–H and O–H groups in total. The summed E-state index contributed by atoms with van der Waals surface area (Å²) in [7, 11) is 0. The van der Waals surface area contributed by atoms with Gasteiger partial charge in [0.1, 0.15) is 0 Å². The maximum atomic E-state index is 12.1. The van der Waals surface area contributed by atoms with Gasteiger partial charge in [0.15, 0.2) is 0 Å². The zero-order valence-electron chi connectivity index (χ0n) is 12.4. The van der Waals surface area contributed by atoms with Gasteiger partial charge < -0.3 is 20.6 Å². The third kappa shape index (κ3) is 3.37. The van der Waals surface area contributed by atoms with Gasteiger partial charge >= 0.3 is 11.7 Å². The Kier molecular flexibility index (Phi) is 4.08. The Morgan fingerprint density at radius 2 is 1.87 bits per heavy atom. The number of aryl methyl sites for hydroxylation is 1. The molecule has 3 rings (SSSR count). The molecule has 0 aliphatic rings. The van der Waals surface area contributed by atoms with Crippen molar-refractivity contribution in [3.8, 4) is 0 Å². The van der Waals surface area contributed by atoms with E-state index in [1.807, 2.05) is 19.1 Å². The summed E-state index contributed by atoms with van der Waals surface area (Å²) in [6.45, 7) is 2.03. The molecule has 0 bridgehead atoms. The lowest BCUT2D eigenvalue weighted by atomic mass is 10.1. The van der Waals surface area contributed by atoms with Crippen LogP contribution in [0.2, 0.25) is 5.02 Å². The number of urea groups is 1. The van der Waals surface area contributed by atoms with Crippen LogP contribution in [0.3, 0.4) is 0 Å². The second kappa shape index (κ2) is 6.18. The van der Waals surface area contributed by atoms with Crippen LogP contribution in [-0.2, 0) is 6.42 Å². The van der Waals surface area contributed by atoms with Crippen LogP contribution < -0.4 is 16.3 Å². The molecule has 3 aromatic rings. The van der Waals surface area contributed by atoms with Crippen molar-refractivity contribution < 1.29 is 4.79 Å². The highest BCUT2D eigenvalue weighted by molar-refractivity contribution is 6.33. The van der Waals surface area contributed by atoms with E-state index in [2.05, 4.69) is 20.6 Å². The number of carbonyl (C=O) groups is 1. The monoisotopic (exact) mass is 330 g/mol. The molecular formula is C16H15ClN4O2. The van der Waals surface area contributed by atoms with Crippen molar-refractivity contribution in [2.75, 3.05) is 10.6 Å². The molecular weight excluding hydrogens is 316 g/mol. The summed E-state index contributed by atoms with van der Waals surface area (Å²) >= 11 is 6.09. The minimum atomic E-state index is -0.405. The fraction of sp³-hybridized carbons (Fsp3) is 0.125. The molecule has 2 aromatic carbocycles. The molecule has 118 valence electrons. The summed E-state index contributed by atoms with van der Waals surface area (Å²) in [6, 6.07) is 10.2. The van der Waals surface area contributed by atoms with Crippen LogP contribution in [0.15, 0.2) is 41.2 Å². The molecule has 2 amide bonds. The number of aromatic amines is 2. The molecule has 0 fully saturated rings. The second-order valence-corrected chi connectivity index (χ2v) is 5.49. The van der Waals surface area contributed by atoms with E-state index in [1.54, 1.807) is 24.3 Å². The number of amides is 2.